The Morgan fingerprint density at radius 2 is 1.90 bits per heavy atom. The van der Waals surface area contributed by atoms with Gasteiger partial charge in [0.15, 0.2) is 5.82 Å². The fourth-order valence-corrected chi connectivity index (χ4v) is 3.51. The number of rotatable bonds is 4. The molecule has 31 heavy (non-hydrogen) atoms. The lowest BCUT2D eigenvalue weighted by Crippen LogP contribution is -2.31. The van der Waals surface area contributed by atoms with E-state index in [-0.39, 0.29) is 11.4 Å². The molecule has 1 aromatic heterocycles. The van der Waals surface area contributed by atoms with Crippen molar-refractivity contribution in [3.63, 3.8) is 0 Å². The minimum absolute atomic E-state index is 0.00898. The lowest BCUT2D eigenvalue weighted by atomic mass is 10.0. The second kappa shape index (κ2) is 7.95. The van der Waals surface area contributed by atoms with Gasteiger partial charge in [-0.1, -0.05) is 12.1 Å². The zero-order valence-electron chi connectivity index (χ0n) is 16.1. The number of benzene rings is 2. The van der Waals surface area contributed by atoms with E-state index in [0.717, 1.165) is 23.4 Å². The topological polar surface area (TPSA) is 92.4 Å². The highest BCUT2D eigenvalue weighted by atomic mass is 19.4. The first-order valence-electron chi connectivity index (χ1n) is 9.42. The van der Waals surface area contributed by atoms with Crippen molar-refractivity contribution in [3.05, 3.63) is 81.2 Å². The molecule has 0 amide bonds. The molecule has 0 aliphatic carbocycles. The number of hydrogen-bond acceptors (Lipinski definition) is 6. The standard InChI is InChI=1S/C21H17F3N4O3/c22-21(23,24)16-3-1-13(2-4-16)20-25-10-15-12-27(8-7-18(15)26-20)11-14-9-17(28(30)31)5-6-19(14)29/h1-6,9-10,29H,7-8,11-12H2. The van der Waals surface area contributed by atoms with Crippen LogP contribution in [-0.4, -0.2) is 31.4 Å². The van der Waals surface area contributed by atoms with Gasteiger partial charge >= 0.3 is 6.18 Å². The van der Waals surface area contributed by atoms with Crippen molar-refractivity contribution < 1.29 is 23.2 Å². The number of fused-ring (bicyclic) bond motifs is 1. The number of aromatic hydroxyl groups is 1. The van der Waals surface area contributed by atoms with E-state index < -0.39 is 16.7 Å². The van der Waals surface area contributed by atoms with E-state index >= 15 is 0 Å². The van der Waals surface area contributed by atoms with Crippen LogP contribution in [-0.2, 0) is 25.7 Å². The van der Waals surface area contributed by atoms with Crippen LogP contribution in [0.4, 0.5) is 18.9 Å². The second-order valence-corrected chi connectivity index (χ2v) is 7.27. The molecule has 0 saturated carbocycles. The van der Waals surface area contributed by atoms with Crippen LogP contribution in [0.25, 0.3) is 11.4 Å². The summed E-state index contributed by atoms with van der Waals surface area (Å²) in [5.41, 5.74) is 1.82. The summed E-state index contributed by atoms with van der Waals surface area (Å²) >= 11 is 0. The van der Waals surface area contributed by atoms with Crippen molar-refractivity contribution in [1.82, 2.24) is 14.9 Å². The van der Waals surface area contributed by atoms with Crippen LogP contribution in [0.3, 0.4) is 0 Å². The highest BCUT2D eigenvalue weighted by Crippen LogP contribution is 2.31. The Balaban J connectivity index is 1.50. The fraction of sp³-hybridized carbons (Fsp3) is 0.238. The Morgan fingerprint density at radius 3 is 2.58 bits per heavy atom. The molecule has 0 saturated heterocycles. The maximum atomic E-state index is 12.7. The summed E-state index contributed by atoms with van der Waals surface area (Å²) in [6.45, 7) is 1.43. The highest BCUT2D eigenvalue weighted by Gasteiger charge is 2.30. The van der Waals surface area contributed by atoms with E-state index in [1.54, 1.807) is 6.20 Å². The quantitative estimate of drug-likeness (QED) is 0.489. The third kappa shape index (κ3) is 4.48. The van der Waals surface area contributed by atoms with Gasteiger partial charge in [-0.05, 0) is 18.2 Å². The summed E-state index contributed by atoms with van der Waals surface area (Å²) in [6.07, 6.45) is -2.16. The SMILES string of the molecule is O=[N+]([O-])c1ccc(O)c(CN2CCc3nc(-c4ccc(C(F)(F)F)cc4)ncc3C2)c1. The van der Waals surface area contributed by atoms with E-state index in [4.69, 9.17) is 0 Å². The van der Waals surface area contributed by atoms with Crippen molar-refractivity contribution in [2.75, 3.05) is 6.54 Å². The van der Waals surface area contributed by atoms with Gasteiger partial charge in [0.2, 0.25) is 0 Å². The highest BCUT2D eigenvalue weighted by molar-refractivity contribution is 5.56. The minimum Gasteiger partial charge on any atom is -0.508 e. The second-order valence-electron chi connectivity index (χ2n) is 7.27. The Hall–Kier alpha value is -3.53. The van der Waals surface area contributed by atoms with Crippen molar-refractivity contribution in [3.8, 4) is 17.1 Å². The van der Waals surface area contributed by atoms with Crippen molar-refractivity contribution in [2.45, 2.75) is 25.7 Å². The van der Waals surface area contributed by atoms with Crippen molar-refractivity contribution in [2.24, 2.45) is 0 Å². The maximum absolute atomic E-state index is 12.7. The fourth-order valence-electron chi connectivity index (χ4n) is 3.51. The van der Waals surface area contributed by atoms with E-state index in [1.165, 1.54) is 30.3 Å². The average Bonchev–Trinajstić information content (AvgIpc) is 2.74. The summed E-state index contributed by atoms with van der Waals surface area (Å²) in [7, 11) is 0. The Kier molecular flexibility index (Phi) is 5.32. The number of nitro benzene ring substituents is 1. The number of hydrogen-bond donors (Lipinski definition) is 1. The molecular weight excluding hydrogens is 413 g/mol. The van der Waals surface area contributed by atoms with Gasteiger partial charge in [-0.15, -0.1) is 0 Å². The van der Waals surface area contributed by atoms with Gasteiger partial charge in [-0.25, -0.2) is 9.97 Å². The third-order valence-electron chi connectivity index (χ3n) is 5.15. The summed E-state index contributed by atoms with van der Waals surface area (Å²) in [6, 6.07) is 8.63. The lowest BCUT2D eigenvalue weighted by molar-refractivity contribution is -0.385. The van der Waals surface area contributed by atoms with Crippen LogP contribution in [0.1, 0.15) is 22.4 Å². The average molecular weight is 430 g/mol. The smallest absolute Gasteiger partial charge is 0.416 e. The predicted molar refractivity (Wildman–Crippen MR) is 105 cm³/mol. The third-order valence-corrected chi connectivity index (χ3v) is 5.15. The number of alkyl halides is 3. The first-order valence-corrected chi connectivity index (χ1v) is 9.42. The summed E-state index contributed by atoms with van der Waals surface area (Å²) in [4.78, 5) is 21.3. The van der Waals surface area contributed by atoms with Gasteiger partial charge in [0.1, 0.15) is 5.75 Å². The molecule has 0 radical (unpaired) electrons. The molecule has 10 heteroatoms. The molecule has 0 fully saturated rings. The molecule has 1 aliphatic heterocycles. The number of nitrogens with zero attached hydrogens (tertiary/aromatic N) is 4. The number of aromatic nitrogens is 2. The van der Waals surface area contributed by atoms with Gasteiger partial charge in [0.05, 0.1) is 16.2 Å². The molecule has 1 N–H and O–H groups in total. The van der Waals surface area contributed by atoms with Crippen LogP contribution < -0.4 is 0 Å². The van der Waals surface area contributed by atoms with Gasteiger partial charge < -0.3 is 5.11 Å². The zero-order chi connectivity index (χ0) is 22.2. The Bertz CT molecular complexity index is 1130. The monoisotopic (exact) mass is 430 g/mol. The van der Waals surface area contributed by atoms with Crippen LogP contribution >= 0.6 is 0 Å². The van der Waals surface area contributed by atoms with Crippen LogP contribution in [0.5, 0.6) is 5.75 Å². The normalized spacial score (nSPS) is 14.3. The number of phenols is 1. The first kappa shape index (κ1) is 20.7. The van der Waals surface area contributed by atoms with Crippen LogP contribution in [0.2, 0.25) is 0 Å². The molecule has 7 nitrogen and oxygen atoms in total. The molecule has 0 bridgehead atoms. The molecule has 2 aromatic carbocycles. The molecule has 4 rings (SSSR count). The molecule has 3 aromatic rings. The Morgan fingerprint density at radius 1 is 1.16 bits per heavy atom. The van der Waals surface area contributed by atoms with Gasteiger partial charge in [-0.2, -0.15) is 13.2 Å². The zero-order valence-corrected chi connectivity index (χ0v) is 16.1. The van der Waals surface area contributed by atoms with Crippen molar-refractivity contribution in [1.29, 1.82) is 0 Å². The van der Waals surface area contributed by atoms with E-state index in [0.29, 0.717) is 43.0 Å². The number of nitro groups is 1. The molecule has 2 heterocycles. The molecule has 1 aliphatic rings. The summed E-state index contributed by atoms with van der Waals surface area (Å²) < 4.78 is 38.2. The predicted octanol–water partition coefficient (Wildman–Crippen LogP) is 4.33. The molecule has 0 spiro atoms. The van der Waals surface area contributed by atoms with E-state index in [1.807, 2.05) is 4.90 Å². The maximum Gasteiger partial charge on any atom is 0.416 e. The number of halogens is 3. The molecule has 0 atom stereocenters. The van der Waals surface area contributed by atoms with Crippen molar-refractivity contribution >= 4 is 5.69 Å². The van der Waals surface area contributed by atoms with Gasteiger partial charge in [-0.3, -0.25) is 15.0 Å². The summed E-state index contributed by atoms with van der Waals surface area (Å²) in [5, 5.41) is 21.0. The molecule has 160 valence electrons. The molecular formula is C21H17F3N4O3. The van der Waals surface area contributed by atoms with Gasteiger partial charge in [0, 0.05) is 61.1 Å². The van der Waals surface area contributed by atoms with Crippen LogP contribution in [0, 0.1) is 10.1 Å². The minimum atomic E-state index is -4.40. The molecule has 0 unspecified atom stereocenters. The van der Waals surface area contributed by atoms with Crippen LogP contribution in [0.15, 0.2) is 48.7 Å². The number of non-ortho nitro benzene ring substituents is 1. The largest absolute Gasteiger partial charge is 0.508 e. The lowest BCUT2D eigenvalue weighted by Gasteiger charge is -2.28. The number of phenolic OH excluding ortho intramolecular Hbond substituents is 1. The Labute approximate surface area is 175 Å². The van der Waals surface area contributed by atoms with E-state index in [2.05, 4.69) is 9.97 Å². The summed E-state index contributed by atoms with van der Waals surface area (Å²) in [5.74, 6) is 0.350. The van der Waals surface area contributed by atoms with Gasteiger partial charge in [0.25, 0.3) is 5.69 Å². The first-order chi connectivity index (χ1) is 14.7. The van der Waals surface area contributed by atoms with E-state index in [9.17, 15) is 28.4 Å².